The molecular weight excluding hydrogens is 258 g/mol. The second-order valence-corrected chi connectivity index (χ2v) is 4.78. The molecule has 0 amide bonds. The first-order chi connectivity index (χ1) is 9.49. The Bertz CT molecular complexity index is 618. The van der Waals surface area contributed by atoms with Crippen LogP contribution in [0, 0.1) is 5.92 Å². The van der Waals surface area contributed by atoms with Crippen molar-refractivity contribution in [2.24, 2.45) is 11.1 Å². The molecule has 0 atom stereocenters. The summed E-state index contributed by atoms with van der Waals surface area (Å²) in [5.41, 5.74) is 1.77. The van der Waals surface area contributed by atoms with Crippen LogP contribution >= 0.6 is 0 Å². The second kappa shape index (κ2) is 5.69. The Morgan fingerprint density at radius 1 is 1.35 bits per heavy atom. The zero-order chi connectivity index (χ0) is 14.7. The highest BCUT2D eigenvalue weighted by molar-refractivity contribution is 6.21. The van der Waals surface area contributed by atoms with Gasteiger partial charge in [-0.2, -0.15) is 0 Å². The predicted molar refractivity (Wildman–Crippen MR) is 73.2 cm³/mol. The van der Waals surface area contributed by atoms with Gasteiger partial charge in [0.05, 0.1) is 6.26 Å². The van der Waals surface area contributed by atoms with Gasteiger partial charge in [0.15, 0.2) is 5.78 Å². The summed E-state index contributed by atoms with van der Waals surface area (Å²) in [6.07, 6.45) is 4.53. The molecule has 5 heteroatoms. The van der Waals surface area contributed by atoms with E-state index in [0.29, 0.717) is 16.9 Å². The molecule has 2 rings (SSSR count). The highest BCUT2D eigenvalue weighted by atomic mass is 16.7. The van der Waals surface area contributed by atoms with Gasteiger partial charge in [-0.15, -0.1) is 0 Å². The van der Waals surface area contributed by atoms with Crippen molar-refractivity contribution in [3.8, 4) is 0 Å². The molecule has 104 valence electrons. The lowest BCUT2D eigenvalue weighted by Crippen LogP contribution is -2.16. The van der Waals surface area contributed by atoms with Crippen molar-refractivity contribution in [2.75, 3.05) is 0 Å². The zero-order valence-corrected chi connectivity index (χ0v) is 11.5. The summed E-state index contributed by atoms with van der Waals surface area (Å²) >= 11 is 0. The van der Waals surface area contributed by atoms with Crippen molar-refractivity contribution in [2.45, 2.75) is 20.8 Å². The average Bonchev–Trinajstić information content (AvgIpc) is 2.90. The van der Waals surface area contributed by atoms with E-state index in [2.05, 4.69) is 5.16 Å². The number of carbonyl (C=O) groups is 2. The molecule has 20 heavy (non-hydrogen) atoms. The number of ketones is 1. The fourth-order valence-electron chi connectivity index (χ4n) is 1.77. The van der Waals surface area contributed by atoms with Gasteiger partial charge in [-0.3, -0.25) is 4.79 Å². The molecule has 1 aromatic rings. The van der Waals surface area contributed by atoms with Gasteiger partial charge in [-0.05, 0) is 42.7 Å². The Kier molecular flexibility index (Phi) is 3.98. The smallest absolute Gasteiger partial charge is 0.400 e. The van der Waals surface area contributed by atoms with Crippen molar-refractivity contribution < 1.29 is 18.8 Å². The first kappa shape index (κ1) is 14.0. The van der Waals surface area contributed by atoms with E-state index in [-0.39, 0.29) is 17.5 Å². The van der Waals surface area contributed by atoms with E-state index in [1.165, 1.54) is 18.4 Å². The van der Waals surface area contributed by atoms with E-state index in [0.717, 1.165) is 0 Å². The molecule has 1 aliphatic rings. The molecule has 1 heterocycles. The third-order valence-electron chi connectivity index (χ3n) is 2.90. The maximum absolute atomic E-state index is 11.8. The number of oxime groups is 1. The molecule has 0 aliphatic heterocycles. The highest BCUT2D eigenvalue weighted by Gasteiger charge is 2.19. The topological polar surface area (TPSA) is 68.9 Å². The highest BCUT2D eigenvalue weighted by Crippen LogP contribution is 2.19. The molecule has 1 aliphatic carbocycles. The fourth-order valence-corrected chi connectivity index (χ4v) is 1.77. The molecule has 1 aromatic heterocycles. The van der Waals surface area contributed by atoms with Crippen LogP contribution in [0.3, 0.4) is 0 Å². The van der Waals surface area contributed by atoms with Gasteiger partial charge in [-0.25, -0.2) is 4.79 Å². The summed E-state index contributed by atoms with van der Waals surface area (Å²) in [6, 6.07) is 3.08. The molecule has 0 N–H and O–H groups in total. The SMILES string of the molecule is CC1=CC(=O)C(C(C)C)=C/C1=N\OC(=O)c1ccco1. The number of allylic oxidation sites excluding steroid dienone is 4. The van der Waals surface area contributed by atoms with Crippen molar-refractivity contribution in [1.29, 1.82) is 0 Å². The lowest BCUT2D eigenvalue weighted by molar-refractivity contribution is -0.111. The molecule has 0 saturated heterocycles. The molecule has 0 aromatic carbocycles. The van der Waals surface area contributed by atoms with Crippen molar-refractivity contribution in [3.63, 3.8) is 0 Å². The Balaban J connectivity index is 2.18. The number of carbonyl (C=O) groups excluding carboxylic acids is 2. The van der Waals surface area contributed by atoms with Gasteiger partial charge in [-0.1, -0.05) is 19.0 Å². The van der Waals surface area contributed by atoms with E-state index in [4.69, 9.17) is 9.25 Å². The Morgan fingerprint density at radius 3 is 2.70 bits per heavy atom. The van der Waals surface area contributed by atoms with Crippen LogP contribution in [0.4, 0.5) is 0 Å². The maximum atomic E-state index is 11.8. The lowest BCUT2D eigenvalue weighted by atomic mass is 9.90. The number of nitrogens with zero attached hydrogens (tertiary/aromatic N) is 1. The third kappa shape index (κ3) is 2.93. The average molecular weight is 273 g/mol. The maximum Gasteiger partial charge on any atom is 0.400 e. The van der Waals surface area contributed by atoms with Gasteiger partial charge in [0, 0.05) is 5.57 Å². The minimum Gasteiger partial charge on any atom is -0.457 e. The van der Waals surface area contributed by atoms with Crippen LogP contribution in [0.1, 0.15) is 31.3 Å². The molecule has 0 radical (unpaired) electrons. The molecule has 0 saturated carbocycles. The molecule has 0 fully saturated rings. The first-order valence-electron chi connectivity index (χ1n) is 6.26. The van der Waals surface area contributed by atoms with Crippen molar-refractivity contribution in [1.82, 2.24) is 0 Å². The minimum atomic E-state index is -0.674. The number of furan rings is 1. The number of rotatable bonds is 3. The van der Waals surface area contributed by atoms with Crippen LogP contribution in [-0.2, 0) is 9.63 Å². The predicted octanol–water partition coefficient (Wildman–Crippen LogP) is 2.90. The minimum absolute atomic E-state index is 0.0335. The standard InChI is InChI=1S/C15H15NO4/c1-9(2)11-8-12(10(3)7-13(11)17)16-20-15(18)14-5-4-6-19-14/h4-9H,1-3H3/b16-12+. The van der Waals surface area contributed by atoms with Crippen molar-refractivity contribution in [3.05, 3.63) is 47.5 Å². The normalized spacial score (nSPS) is 17.2. The summed E-state index contributed by atoms with van der Waals surface area (Å²) in [7, 11) is 0. The quantitative estimate of drug-likeness (QED) is 0.482. The Labute approximate surface area is 116 Å². The van der Waals surface area contributed by atoms with Crippen LogP contribution < -0.4 is 0 Å². The number of hydrogen-bond acceptors (Lipinski definition) is 5. The summed E-state index contributed by atoms with van der Waals surface area (Å²) in [5, 5.41) is 3.80. The molecule has 0 bridgehead atoms. The summed E-state index contributed by atoms with van der Waals surface area (Å²) in [6.45, 7) is 5.58. The van der Waals surface area contributed by atoms with Gasteiger partial charge in [0.2, 0.25) is 5.76 Å². The molecule has 0 unspecified atom stereocenters. The van der Waals surface area contributed by atoms with Crippen LogP contribution in [0.25, 0.3) is 0 Å². The molecular formula is C15H15NO4. The molecule has 0 spiro atoms. The van der Waals surface area contributed by atoms with E-state index >= 15 is 0 Å². The van der Waals surface area contributed by atoms with E-state index < -0.39 is 5.97 Å². The van der Waals surface area contributed by atoms with Crippen LogP contribution in [0.5, 0.6) is 0 Å². The van der Waals surface area contributed by atoms with E-state index in [9.17, 15) is 9.59 Å². The third-order valence-corrected chi connectivity index (χ3v) is 2.90. The first-order valence-corrected chi connectivity index (χ1v) is 6.26. The Morgan fingerprint density at radius 2 is 2.10 bits per heavy atom. The van der Waals surface area contributed by atoms with Crippen LogP contribution in [0.15, 0.2) is 51.3 Å². The van der Waals surface area contributed by atoms with Gasteiger partial charge >= 0.3 is 5.97 Å². The summed E-state index contributed by atoms with van der Waals surface area (Å²) in [5.74, 6) is -0.547. The van der Waals surface area contributed by atoms with E-state index in [1.807, 2.05) is 13.8 Å². The van der Waals surface area contributed by atoms with Crippen LogP contribution in [0.2, 0.25) is 0 Å². The monoisotopic (exact) mass is 273 g/mol. The van der Waals surface area contributed by atoms with Crippen LogP contribution in [-0.4, -0.2) is 17.5 Å². The Hall–Kier alpha value is -2.43. The fraction of sp³-hybridized carbons (Fsp3) is 0.267. The largest absolute Gasteiger partial charge is 0.457 e. The second-order valence-electron chi connectivity index (χ2n) is 4.78. The van der Waals surface area contributed by atoms with Gasteiger partial charge in [0.25, 0.3) is 0 Å². The van der Waals surface area contributed by atoms with E-state index in [1.54, 1.807) is 19.1 Å². The number of hydrogen-bond donors (Lipinski definition) is 0. The summed E-state index contributed by atoms with van der Waals surface area (Å²) < 4.78 is 4.91. The van der Waals surface area contributed by atoms with Crippen molar-refractivity contribution >= 4 is 17.5 Å². The lowest BCUT2D eigenvalue weighted by Gasteiger charge is -2.14. The van der Waals surface area contributed by atoms with Gasteiger partial charge < -0.3 is 9.25 Å². The summed E-state index contributed by atoms with van der Waals surface area (Å²) in [4.78, 5) is 28.2. The molecule has 5 nitrogen and oxygen atoms in total. The zero-order valence-electron chi connectivity index (χ0n) is 11.5. The van der Waals surface area contributed by atoms with Gasteiger partial charge in [0.1, 0.15) is 5.71 Å².